The number of aromatic nitrogens is 1. The van der Waals surface area contributed by atoms with Gasteiger partial charge in [-0.05, 0) is 49.9 Å². The van der Waals surface area contributed by atoms with Crippen LogP contribution in [0.15, 0.2) is 24.3 Å². The van der Waals surface area contributed by atoms with Crippen LogP contribution in [0, 0.1) is 12.8 Å². The van der Waals surface area contributed by atoms with E-state index in [9.17, 15) is 0 Å². The van der Waals surface area contributed by atoms with Crippen LogP contribution in [0.3, 0.4) is 0 Å². The van der Waals surface area contributed by atoms with Crippen molar-refractivity contribution >= 4 is 22.3 Å². The number of hydrogen-bond donors (Lipinski definition) is 2. The quantitative estimate of drug-likeness (QED) is 0.793. The lowest BCUT2D eigenvalue weighted by molar-refractivity contribution is 0.309. The van der Waals surface area contributed by atoms with Crippen LogP contribution in [-0.4, -0.2) is 11.0 Å². The molecular weight excluding hydrogens is 222 g/mol. The van der Waals surface area contributed by atoms with Crippen LogP contribution in [0.1, 0.15) is 25.5 Å². The van der Waals surface area contributed by atoms with Gasteiger partial charge in [0.15, 0.2) is 0 Å². The Balaban J connectivity index is 2.00. The highest BCUT2D eigenvalue weighted by atomic mass is 14.9. The molecule has 1 aromatic heterocycles. The summed E-state index contributed by atoms with van der Waals surface area (Å²) < 4.78 is 0. The Morgan fingerprint density at radius 2 is 2.06 bits per heavy atom. The van der Waals surface area contributed by atoms with Gasteiger partial charge < -0.3 is 11.1 Å². The number of anilines is 2. The second-order valence-corrected chi connectivity index (χ2v) is 5.51. The molecule has 0 atom stereocenters. The maximum Gasteiger partial charge on any atom is 0.0727 e. The Labute approximate surface area is 107 Å². The number of benzene rings is 1. The molecule has 0 bridgehead atoms. The van der Waals surface area contributed by atoms with Gasteiger partial charge in [-0.15, -0.1) is 0 Å². The number of nitrogen functional groups attached to an aromatic ring is 1. The summed E-state index contributed by atoms with van der Waals surface area (Å²) in [6, 6.07) is 8.62. The van der Waals surface area contributed by atoms with Gasteiger partial charge >= 0.3 is 0 Å². The summed E-state index contributed by atoms with van der Waals surface area (Å²) in [5.41, 5.74) is 9.89. The Morgan fingerprint density at radius 3 is 2.78 bits per heavy atom. The lowest BCUT2D eigenvalue weighted by Crippen LogP contribution is -2.33. The van der Waals surface area contributed by atoms with Gasteiger partial charge in [0.25, 0.3) is 0 Å². The molecule has 0 saturated heterocycles. The van der Waals surface area contributed by atoms with E-state index in [1.807, 2.05) is 25.1 Å². The zero-order valence-electron chi connectivity index (χ0n) is 10.9. The summed E-state index contributed by atoms with van der Waals surface area (Å²) in [4.78, 5) is 4.55. The van der Waals surface area contributed by atoms with Crippen molar-refractivity contribution in [2.45, 2.75) is 32.7 Å². The van der Waals surface area contributed by atoms with Crippen molar-refractivity contribution in [3.05, 3.63) is 30.0 Å². The molecule has 18 heavy (non-hydrogen) atoms. The van der Waals surface area contributed by atoms with Crippen molar-refractivity contribution in [3.8, 4) is 0 Å². The third-order valence-electron chi connectivity index (χ3n) is 3.69. The van der Waals surface area contributed by atoms with Crippen molar-refractivity contribution in [2.24, 2.45) is 5.92 Å². The third-order valence-corrected chi connectivity index (χ3v) is 3.69. The molecule has 0 unspecified atom stereocenters. The largest absolute Gasteiger partial charge is 0.399 e. The van der Waals surface area contributed by atoms with Crippen LogP contribution < -0.4 is 11.1 Å². The first-order valence-corrected chi connectivity index (χ1v) is 6.55. The first-order valence-electron chi connectivity index (χ1n) is 6.55. The predicted octanol–water partition coefficient (Wildman–Crippen LogP) is 3.34. The molecule has 0 spiro atoms. The van der Waals surface area contributed by atoms with Crippen molar-refractivity contribution in [3.63, 3.8) is 0 Å². The van der Waals surface area contributed by atoms with E-state index in [1.165, 1.54) is 18.5 Å². The molecule has 1 aromatic carbocycles. The molecular formula is C15H19N3. The maximum atomic E-state index is 5.87. The Hall–Kier alpha value is -1.77. The number of aryl methyl sites for hydroxylation is 1. The van der Waals surface area contributed by atoms with E-state index in [-0.39, 0.29) is 0 Å². The number of nitrogens with two attached hydrogens (primary N) is 1. The summed E-state index contributed by atoms with van der Waals surface area (Å²) in [6.45, 7) is 4.33. The molecule has 1 aliphatic carbocycles. The van der Waals surface area contributed by atoms with Gasteiger partial charge in [-0.25, -0.2) is 0 Å². The lowest BCUT2D eigenvalue weighted by Gasteiger charge is -2.34. The molecule has 3 nitrogen and oxygen atoms in total. The fourth-order valence-corrected chi connectivity index (χ4v) is 2.74. The highest BCUT2D eigenvalue weighted by molar-refractivity contribution is 5.93. The van der Waals surface area contributed by atoms with Gasteiger partial charge in [-0.2, -0.15) is 0 Å². The average molecular weight is 241 g/mol. The van der Waals surface area contributed by atoms with Gasteiger partial charge in [0.1, 0.15) is 0 Å². The molecule has 3 N–H and O–H groups in total. The molecule has 94 valence electrons. The van der Waals surface area contributed by atoms with E-state index in [0.29, 0.717) is 6.04 Å². The van der Waals surface area contributed by atoms with E-state index in [1.54, 1.807) is 0 Å². The lowest BCUT2D eigenvalue weighted by atomic mass is 9.82. The van der Waals surface area contributed by atoms with Gasteiger partial charge in [0.2, 0.25) is 0 Å². The second kappa shape index (κ2) is 4.16. The van der Waals surface area contributed by atoms with Gasteiger partial charge in [0, 0.05) is 28.5 Å². The maximum absolute atomic E-state index is 5.87. The van der Waals surface area contributed by atoms with Crippen LogP contribution in [0.25, 0.3) is 10.9 Å². The van der Waals surface area contributed by atoms with Gasteiger partial charge in [-0.1, -0.05) is 6.92 Å². The van der Waals surface area contributed by atoms with Crippen molar-refractivity contribution in [1.29, 1.82) is 0 Å². The first-order chi connectivity index (χ1) is 8.61. The second-order valence-electron chi connectivity index (χ2n) is 5.51. The smallest absolute Gasteiger partial charge is 0.0727 e. The van der Waals surface area contributed by atoms with Crippen LogP contribution in [0.5, 0.6) is 0 Å². The van der Waals surface area contributed by atoms with Crippen LogP contribution in [-0.2, 0) is 0 Å². The highest BCUT2D eigenvalue weighted by Gasteiger charge is 2.25. The molecule has 1 saturated carbocycles. The fraction of sp³-hybridized carbons (Fsp3) is 0.400. The fourth-order valence-electron chi connectivity index (χ4n) is 2.74. The minimum absolute atomic E-state index is 0.603. The first kappa shape index (κ1) is 11.3. The molecule has 2 aromatic rings. The summed E-state index contributed by atoms with van der Waals surface area (Å²) >= 11 is 0. The molecule has 0 aliphatic heterocycles. The number of rotatable bonds is 2. The molecule has 1 aliphatic rings. The van der Waals surface area contributed by atoms with Crippen LogP contribution in [0.4, 0.5) is 11.4 Å². The van der Waals surface area contributed by atoms with E-state index in [4.69, 9.17) is 5.73 Å². The summed E-state index contributed by atoms with van der Waals surface area (Å²) in [5.74, 6) is 0.849. The minimum atomic E-state index is 0.603. The third kappa shape index (κ3) is 2.01. The Bertz CT molecular complexity index is 586. The predicted molar refractivity (Wildman–Crippen MR) is 76.7 cm³/mol. The zero-order valence-corrected chi connectivity index (χ0v) is 10.9. The molecule has 0 radical (unpaired) electrons. The summed E-state index contributed by atoms with van der Waals surface area (Å²) in [6.07, 6.45) is 2.51. The normalized spacial score (nSPS) is 22.8. The van der Waals surface area contributed by atoms with Crippen molar-refractivity contribution in [2.75, 3.05) is 11.1 Å². The average Bonchev–Trinajstić information content (AvgIpc) is 2.28. The van der Waals surface area contributed by atoms with E-state index in [0.717, 1.165) is 28.2 Å². The SMILES string of the molecule is Cc1cc(NC2CC(C)C2)c2cc(N)ccc2n1. The van der Waals surface area contributed by atoms with E-state index >= 15 is 0 Å². The van der Waals surface area contributed by atoms with Crippen LogP contribution >= 0.6 is 0 Å². The van der Waals surface area contributed by atoms with E-state index in [2.05, 4.69) is 23.3 Å². The van der Waals surface area contributed by atoms with Crippen molar-refractivity contribution < 1.29 is 0 Å². The summed E-state index contributed by atoms with van der Waals surface area (Å²) in [5, 5.41) is 4.75. The van der Waals surface area contributed by atoms with Crippen molar-refractivity contribution in [1.82, 2.24) is 4.98 Å². The molecule has 3 rings (SSSR count). The number of nitrogens with zero attached hydrogens (tertiary/aromatic N) is 1. The topological polar surface area (TPSA) is 50.9 Å². The molecule has 1 heterocycles. The van der Waals surface area contributed by atoms with Gasteiger partial charge in [-0.3, -0.25) is 4.98 Å². The summed E-state index contributed by atoms with van der Waals surface area (Å²) in [7, 11) is 0. The molecule has 3 heteroatoms. The number of fused-ring (bicyclic) bond motifs is 1. The van der Waals surface area contributed by atoms with Crippen LogP contribution in [0.2, 0.25) is 0 Å². The Morgan fingerprint density at radius 1 is 1.28 bits per heavy atom. The van der Waals surface area contributed by atoms with E-state index < -0.39 is 0 Å². The number of nitrogens with one attached hydrogen (secondary N) is 1. The standard InChI is InChI=1S/C15H19N3/c1-9-5-12(6-9)18-15-7-10(2)17-14-4-3-11(16)8-13(14)15/h3-4,7-9,12H,5-6,16H2,1-2H3,(H,17,18). The zero-order chi connectivity index (χ0) is 12.7. The molecule has 0 amide bonds. The monoisotopic (exact) mass is 241 g/mol. The number of hydrogen-bond acceptors (Lipinski definition) is 3. The number of pyridine rings is 1. The van der Waals surface area contributed by atoms with Gasteiger partial charge in [0.05, 0.1) is 5.52 Å². The Kier molecular flexibility index (Phi) is 2.62. The highest BCUT2D eigenvalue weighted by Crippen LogP contribution is 2.32. The minimum Gasteiger partial charge on any atom is -0.399 e. The molecule has 1 fully saturated rings.